The molecule has 0 atom stereocenters. The fraction of sp³-hybridized carbons (Fsp3) is 0.857. The molecule has 110 valence electrons. The number of aliphatic carboxylic acids is 1. The van der Waals surface area contributed by atoms with Gasteiger partial charge in [-0.05, 0) is 38.3 Å². The van der Waals surface area contributed by atoms with Crippen LogP contribution in [0.4, 0.5) is 0 Å². The van der Waals surface area contributed by atoms with Gasteiger partial charge in [0.25, 0.3) is 0 Å². The van der Waals surface area contributed by atoms with E-state index in [0.717, 1.165) is 25.6 Å². The normalized spacial score (nSPS) is 17.3. The van der Waals surface area contributed by atoms with Crippen molar-refractivity contribution in [3.8, 4) is 0 Å². The van der Waals surface area contributed by atoms with Crippen molar-refractivity contribution in [3.05, 3.63) is 0 Å². The molecule has 19 heavy (non-hydrogen) atoms. The van der Waals surface area contributed by atoms with Gasteiger partial charge in [-0.2, -0.15) is 0 Å². The maximum atomic E-state index is 11.4. The Morgan fingerprint density at radius 2 is 1.95 bits per heavy atom. The molecule has 1 fully saturated rings. The number of carbonyl (C=O) groups excluding carboxylic acids is 1. The number of nitrogens with one attached hydrogen (secondary N) is 1. The van der Waals surface area contributed by atoms with Gasteiger partial charge < -0.3 is 15.3 Å². The highest BCUT2D eigenvalue weighted by molar-refractivity contribution is 5.76. The molecule has 1 aliphatic rings. The predicted molar refractivity (Wildman–Crippen MR) is 74.0 cm³/mol. The lowest BCUT2D eigenvalue weighted by Gasteiger charge is -2.31. The number of carbonyl (C=O) groups is 2. The third-order valence-corrected chi connectivity index (χ3v) is 3.83. The van der Waals surface area contributed by atoms with E-state index in [0.29, 0.717) is 19.4 Å². The highest BCUT2D eigenvalue weighted by Gasteiger charge is 2.17. The number of piperidine rings is 1. The van der Waals surface area contributed by atoms with Gasteiger partial charge in [-0.1, -0.05) is 13.3 Å². The van der Waals surface area contributed by atoms with Crippen LogP contribution in [0.15, 0.2) is 0 Å². The second kappa shape index (κ2) is 8.91. The Hall–Kier alpha value is -1.10. The molecule has 0 unspecified atom stereocenters. The van der Waals surface area contributed by atoms with E-state index in [9.17, 15) is 9.59 Å². The SMILES string of the molecule is CCC1CCN(CCNC(=O)CCCC(=O)O)CC1. The minimum absolute atomic E-state index is 0.0373. The Kier molecular flexibility index (Phi) is 7.48. The summed E-state index contributed by atoms with van der Waals surface area (Å²) in [5, 5.41) is 11.3. The molecule has 0 aromatic rings. The molecule has 0 bridgehead atoms. The first kappa shape index (κ1) is 16.0. The zero-order valence-corrected chi connectivity index (χ0v) is 11.9. The Bertz CT molecular complexity index is 286. The summed E-state index contributed by atoms with van der Waals surface area (Å²) >= 11 is 0. The van der Waals surface area contributed by atoms with Crippen LogP contribution in [0.25, 0.3) is 0 Å². The minimum atomic E-state index is -0.841. The largest absolute Gasteiger partial charge is 0.481 e. The van der Waals surface area contributed by atoms with E-state index in [4.69, 9.17) is 5.11 Å². The molecule has 0 aliphatic carbocycles. The third-order valence-electron chi connectivity index (χ3n) is 3.83. The molecule has 0 aromatic heterocycles. The summed E-state index contributed by atoms with van der Waals surface area (Å²) < 4.78 is 0. The van der Waals surface area contributed by atoms with Crippen molar-refractivity contribution >= 4 is 11.9 Å². The average Bonchev–Trinajstić information content (AvgIpc) is 2.39. The van der Waals surface area contributed by atoms with E-state index in [1.807, 2.05) is 0 Å². The van der Waals surface area contributed by atoms with Crippen LogP contribution in [0.1, 0.15) is 45.4 Å². The number of hydrogen-bond donors (Lipinski definition) is 2. The Balaban J connectivity index is 2.01. The standard InChI is InChI=1S/C14H26N2O3/c1-2-12-6-9-16(10-7-12)11-8-15-13(17)4-3-5-14(18)19/h12H,2-11H2,1H3,(H,15,17)(H,18,19). The van der Waals surface area contributed by atoms with Gasteiger partial charge in [0.15, 0.2) is 0 Å². The lowest BCUT2D eigenvalue weighted by Crippen LogP contribution is -2.39. The number of amides is 1. The van der Waals surface area contributed by atoms with Crippen LogP contribution in [0.5, 0.6) is 0 Å². The van der Waals surface area contributed by atoms with E-state index in [1.54, 1.807) is 0 Å². The molecule has 1 saturated heterocycles. The first-order chi connectivity index (χ1) is 9.11. The van der Waals surface area contributed by atoms with Gasteiger partial charge in [-0.25, -0.2) is 0 Å². The summed E-state index contributed by atoms with van der Waals surface area (Å²) in [6, 6.07) is 0. The number of carboxylic acids is 1. The molecule has 1 amide bonds. The molecule has 2 N–H and O–H groups in total. The van der Waals surface area contributed by atoms with Crippen LogP contribution in [0, 0.1) is 5.92 Å². The van der Waals surface area contributed by atoms with Crippen molar-refractivity contribution in [2.45, 2.75) is 45.4 Å². The summed E-state index contributed by atoms with van der Waals surface area (Å²) in [4.78, 5) is 24.1. The van der Waals surface area contributed by atoms with Crippen LogP contribution in [0.3, 0.4) is 0 Å². The molecular formula is C14H26N2O3. The van der Waals surface area contributed by atoms with E-state index in [2.05, 4.69) is 17.1 Å². The monoisotopic (exact) mass is 270 g/mol. The van der Waals surface area contributed by atoms with E-state index >= 15 is 0 Å². The van der Waals surface area contributed by atoms with Gasteiger partial charge >= 0.3 is 5.97 Å². The lowest BCUT2D eigenvalue weighted by atomic mass is 9.94. The van der Waals surface area contributed by atoms with Crippen molar-refractivity contribution in [1.29, 1.82) is 0 Å². The zero-order chi connectivity index (χ0) is 14.1. The molecule has 0 aromatic carbocycles. The summed E-state index contributed by atoms with van der Waals surface area (Å²) in [6.45, 7) is 6.09. The second-order valence-electron chi connectivity index (χ2n) is 5.29. The summed E-state index contributed by atoms with van der Waals surface area (Å²) in [6.07, 6.45) is 4.60. The van der Waals surface area contributed by atoms with Crippen molar-refractivity contribution in [3.63, 3.8) is 0 Å². The van der Waals surface area contributed by atoms with Gasteiger partial charge in [-0.15, -0.1) is 0 Å². The Labute approximate surface area is 115 Å². The molecule has 5 heteroatoms. The topological polar surface area (TPSA) is 69.6 Å². The van der Waals surface area contributed by atoms with Gasteiger partial charge in [-0.3, -0.25) is 9.59 Å². The van der Waals surface area contributed by atoms with Crippen molar-refractivity contribution in [2.75, 3.05) is 26.2 Å². The lowest BCUT2D eigenvalue weighted by molar-refractivity contribution is -0.137. The van der Waals surface area contributed by atoms with Gasteiger partial charge in [0.05, 0.1) is 0 Å². The minimum Gasteiger partial charge on any atom is -0.481 e. The smallest absolute Gasteiger partial charge is 0.303 e. The maximum Gasteiger partial charge on any atom is 0.303 e. The van der Waals surface area contributed by atoms with Crippen LogP contribution in [0.2, 0.25) is 0 Å². The third kappa shape index (κ3) is 7.15. The first-order valence-corrected chi connectivity index (χ1v) is 7.32. The van der Waals surface area contributed by atoms with E-state index in [-0.39, 0.29) is 12.3 Å². The molecule has 0 radical (unpaired) electrons. The fourth-order valence-corrected chi connectivity index (χ4v) is 2.46. The van der Waals surface area contributed by atoms with Crippen LogP contribution < -0.4 is 5.32 Å². The van der Waals surface area contributed by atoms with Crippen LogP contribution >= 0.6 is 0 Å². The van der Waals surface area contributed by atoms with E-state index < -0.39 is 5.97 Å². The number of nitrogens with zero attached hydrogens (tertiary/aromatic N) is 1. The highest BCUT2D eigenvalue weighted by Crippen LogP contribution is 2.19. The predicted octanol–water partition coefficient (Wildman–Crippen LogP) is 1.48. The summed E-state index contributed by atoms with van der Waals surface area (Å²) in [7, 11) is 0. The molecule has 5 nitrogen and oxygen atoms in total. The van der Waals surface area contributed by atoms with Crippen molar-refractivity contribution < 1.29 is 14.7 Å². The van der Waals surface area contributed by atoms with Gasteiger partial charge in [0.2, 0.25) is 5.91 Å². The summed E-state index contributed by atoms with van der Waals surface area (Å²) in [5.41, 5.74) is 0. The number of likely N-dealkylation sites (tertiary alicyclic amines) is 1. The molecule has 1 heterocycles. The molecular weight excluding hydrogens is 244 g/mol. The number of rotatable bonds is 8. The van der Waals surface area contributed by atoms with Crippen molar-refractivity contribution in [2.24, 2.45) is 5.92 Å². The molecule has 1 aliphatic heterocycles. The second-order valence-corrected chi connectivity index (χ2v) is 5.29. The molecule has 1 rings (SSSR count). The average molecular weight is 270 g/mol. The fourth-order valence-electron chi connectivity index (χ4n) is 2.46. The number of carboxylic acid groups (broad SMARTS) is 1. The van der Waals surface area contributed by atoms with Crippen LogP contribution in [-0.2, 0) is 9.59 Å². The van der Waals surface area contributed by atoms with Crippen molar-refractivity contribution in [1.82, 2.24) is 10.2 Å². The summed E-state index contributed by atoms with van der Waals surface area (Å²) in [5.74, 6) is -0.00171. The quantitative estimate of drug-likeness (QED) is 0.701. The van der Waals surface area contributed by atoms with Crippen LogP contribution in [-0.4, -0.2) is 48.1 Å². The maximum absolute atomic E-state index is 11.4. The van der Waals surface area contributed by atoms with Gasteiger partial charge in [0.1, 0.15) is 0 Å². The van der Waals surface area contributed by atoms with E-state index in [1.165, 1.54) is 19.3 Å². The highest BCUT2D eigenvalue weighted by atomic mass is 16.4. The Morgan fingerprint density at radius 3 is 2.53 bits per heavy atom. The Morgan fingerprint density at radius 1 is 1.26 bits per heavy atom. The molecule has 0 saturated carbocycles. The molecule has 0 spiro atoms. The zero-order valence-electron chi connectivity index (χ0n) is 11.9. The number of hydrogen-bond acceptors (Lipinski definition) is 3. The first-order valence-electron chi connectivity index (χ1n) is 7.32. The van der Waals surface area contributed by atoms with Gasteiger partial charge in [0, 0.05) is 25.9 Å².